The quantitative estimate of drug-likeness (QED) is 0.146. The largest absolute Gasteiger partial charge is 0.0622 e. The van der Waals surface area contributed by atoms with Gasteiger partial charge in [0.15, 0.2) is 0 Å². The number of fused-ring (bicyclic) bond motifs is 6. The summed E-state index contributed by atoms with van der Waals surface area (Å²) in [6.07, 6.45) is 0. The van der Waals surface area contributed by atoms with Gasteiger partial charge in [0.2, 0.25) is 0 Å². The van der Waals surface area contributed by atoms with Crippen molar-refractivity contribution in [1.82, 2.24) is 0 Å². The summed E-state index contributed by atoms with van der Waals surface area (Å²) in [6.45, 7) is 9.47. The fourth-order valence-electron chi connectivity index (χ4n) is 15.5. The second-order valence-electron chi connectivity index (χ2n) is 25.0. The molecule has 0 aromatic heterocycles. The average Bonchev–Trinajstić information content (AvgIpc) is 1.23. The molecule has 404 valence electrons. The van der Waals surface area contributed by atoms with Gasteiger partial charge in [-0.2, -0.15) is 0 Å². The fourth-order valence-corrected chi connectivity index (χ4v) is 15.5. The molecule has 0 amide bonds. The second kappa shape index (κ2) is 19.1. The van der Waals surface area contributed by atoms with E-state index in [4.69, 9.17) is 0 Å². The zero-order valence-electron chi connectivity index (χ0n) is 48.7. The van der Waals surface area contributed by atoms with E-state index in [-0.39, 0.29) is 10.8 Å². The van der Waals surface area contributed by atoms with Crippen LogP contribution in [-0.4, -0.2) is 0 Å². The maximum Gasteiger partial charge on any atom is 0.0159 e. The highest BCUT2D eigenvalue weighted by Crippen LogP contribution is 2.54. The van der Waals surface area contributed by atoms with Crippen molar-refractivity contribution in [3.63, 3.8) is 0 Å². The molecule has 0 N–H and O–H groups in total. The Labute approximate surface area is 502 Å². The molecule has 2 aliphatic carbocycles. The lowest BCUT2D eigenvalue weighted by Gasteiger charge is -2.23. The van der Waals surface area contributed by atoms with Crippen LogP contribution < -0.4 is 0 Å². The molecule has 0 spiro atoms. The first-order chi connectivity index (χ1) is 42.2. The zero-order valence-corrected chi connectivity index (χ0v) is 48.7. The van der Waals surface area contributed by atoms with Gasteiger partial charge in [-0.25, -0.2) is 0 Å². The summed E-state index contributed by atoms with van der Waals surface area (Å²) < 4.78 is 0. The molecular weight excluding hydrogens is 1030 g/mol. The highest BCUT2D eigenvalue weighted by molar-refractivity contribution is 6.32. The highest BCUT2D eigenvalue weighted by atomic mass is 14.4. The molecule has 0 saturated heterocycles. The van der Waals surface area contributed by atoms with Crippen molar-refractivity contribution in [2.75, 3.05) is 0 Å². The fraction of sp³-hybridized carbons (Fsp3) is 0.0698. The van der Waals surface area contributed by atoms with Gasteiger partial charge in [-0.3, -0.25) is 0 Å². The standard InChI is InChI=1S/C46H34.C40H26/c1-45(2)39-11-7-5-9-33(39)35-21-17-29(25-41(35)45)31-19-13-27-16-24-38-32(20-14-28-15-23-37(31)43(27)44(28)38)30-18-22-36-34-10-6-8-12-40(34)46(3,4)42(36)26-30;1-5-13-27(14-6-1)35-25-36(28-15-7-2-8-16-28)32-23-24-34-38(30-19-11-4-12-20-30)26-37(29-17-9-3-10-18-29)33-22-21-31(35)39(32)40(33)34/h5-26H,1-4H3;1-26H. The average molecular weight is 1090 g/mol. The van der Waals surface area contributed by atoms with E-state index in [1.165, 1.54) is 176 Å². The lowest BCUT2D eigenvalue weighted by molar-refractivity contribution is 0.660. The lowest BCUT2D eigenvalue weighted by atomic mass is 9.80. The van der Waals surface area contributed by atoms with Crippen LogP contribution in [0.15, 0.2) is 291 Å². The molecule has 0 atom stereocenters. The van der Waals surface area contributed by atoms with Gasteiger partial charge in [0.1, 0.15) is 0 Å². The molecule has 16 aromatic rings. The molecule has 86 heavy (non-hydrogen) atoms. The van der Waals surface area contributed by atoms with Crippen molar-refractivity contribution in [3.05, 3.63) is 313 Å². The van der Waals surface area contributed by atoms with Gasteiger partial charge in [0, 0.05) is 10.8 Å². The number of hydrogen-bond acceptors (Lipinski definition) is 0. The third-order valence-electron chi connectivity index (χ3n) is 19.7. The molecule has 0 bridgehead atoms. The third-order valence-corrected chi connectivity index (χ3v) is 19.7. The van der Waals surface area contributed by atoms with E-state index in [0.29, 0.717) is 0 Å². The van der Waals surface area contributed by atoms with Gasteiger partial charge < -0.3 is 0 Å². The summed E-state index contributed by atoms with van der Waals surface area (Å²) >= 11 is 0. The van der Waals surface area contributed by atoms with Crippen LogP contribution in [0.1, 0.15) is 49.9 Å². The van der Waals surface area contributed by atoms with Crippen LogP contribution >= 0.6 is 0 Å². The molecule has 0 unspecified atom stereocenters. The first-order valence-electron chi connectivity index (χ1n) is 30.4. The Kier molecular flexibility index (Phi) is 11.1. The van der Waals surface area contributed by atoms with Crippen LogP contribution in [0, 0.1) is 0 Å². The van der Waals surface area contributed by atoms with Crippen molar-refractivity contribution in [1.29, 1.82) is 0 Å². The van der Waals surface area contributed by atoms with E-state index in [2.05, 4.69) is 319 Å². The van der Waals surface area contributed by atoms with Crippen molar-refractivity contribution in [2.24, 2.45) is 0 Å². The monoisotopic (exact) mass is 1090 g/mol. The molecule has 0 nitrogen and oxygen atoms in total. The summed E-state index contributed by atoms with van der Waals surface area (Å²) in [7, 11) is 0. The minimum Gasteiger partial charge on any atom is -0.0622 e. The van der Waals surface area contributed by atoms with Crippen LogP contribution in [0.4, 0.5) is 0 Å². The predicted octanol–water partition coefficient (Wildman–Crippen LogP) is 23.8. The van der Waals surface area contributed by atoms with Gasteiger partial charge in [0.25, 0.3) is 0 Å². The Balaban J connectivity index is 0.000000136. The molecular formula is C86H60. The molecule has 18 rings (SSSR count). The van der Waals surface area contributed by atoms with E-state index in [9.17, 15) is 0 Å². The van der Waals surface area contributed by atoms with Crippen molar-refractivity contribution in [2.45, 2.75) is 38.5 Å². The first kappa shape index (κ1) is 50.1. The summed E-state index contributed by atoms with van der Waals surface area (Å²) in [5.74, 6) is 0. The van der Waals surface area contributed by atoms with E-state index in [1.54, 1.807) is 0 Å². The number of hydrogen-bond donors (Lipinski definition) is 0. The van der Waals surface area contributed by atoms with Crippen LogP contribution in [0.5, 0.6) is 0 Å². The maximum absolute atomic E-state index is 2.46. The smallest absolute Gasteiger partial charge is 0.0159 e. The van der Waals surface area contributed by atoms with Gasteiger partial charge in [-0.1, -0.05) is 295 Å². The molecule has 16 aromatic carbocycles. The van der Waals surface area contributed by atoms with Gasteiger partial charge >= 0.3 is 0 Å². The van der Waals surface area contributed by atoms with Gasteiger partial charge in [-0.15, -0.1) is 0 Å². The first-order valence-corrected chi connectivity index (χ1v) is 30.4. The maximum atomic E-state index is 2.46. The normalized spacial score (nSPS) is 13.5. The van der Waals surface area contributed by atoms with Gasteiger partial charge in [-0.05, 0) is 200 Å². The summed E-state index contributed by atoms with van der Waals surface area (Å²) in [5, 5.41) is 15.8. The molecule has 0 heteroatoms. The topological polar surface area (TPSA) is 0 Å². The van der Waals surface area contributed by atoms with E-state index in [0.717, 1.165) is 0 Å². The van der Waals surface area contributed by atoms with Crippen LogP contribution in [0.3, 0.4) is 0 Å². The summed E-state index contributed by atoms with van der Waals surface area (Å²) in [6, 6.07) is 108. The van der Waals surface area contributed by atoms with Crippen LogP contribution in [0.25, 0.3) is 154 Å². The van der Waals surface area contributed by atoms with E-state index >= 15 is 0 Å². The van der Waals surface area contributed by atoms with Crippen LogP contribution in [-0.2, 0) is 10.8 Å². The van der Waals surface area contributed by atoms with Gasteiger partial charge in [0.05, 0.1) is 0 Å². The Morgan fingerprint density at radius 1 is 0.174 bits per heavy atom. The number of rotatable bonds is 6. The Morgan fingerprint density at radius 2 is 0.442 bits per heavy atom. The van der Waals surface area contributed by atoms with Crippen molar-refractivity contribution in [3.8, 4) is 89.0 Å². The number of benzene rings is 16. The van der Waals surface area contributed by atoms with E-state index < -0.39 is 0 Å². The molecule has 0 aliphatic heterocycles. The Hall–Kier alpha value is -10.4. The SMILES string of the molecule is CC1(C)c2ccccc2-c2ccc(-c3ccc4ccc5c(-c6ccc7c(c6)C(C)(C)c6ccccc6-7)ccc6ccc3c4c65)cc21.c1ccc(-c2cc(-c3ccccc3)c3ccc4c(-c5ccccc5)cc(-c5ccccc5)c5ccc2c3c54)cc1. The second-order valence-corrected chi connectivity index (χ2v) is 25.0. The Morgan fingerprint density at radius 3 is 0.791 bits per heavy atom. The van der Waals surface area contributed by atoms with E-state index in [1.807, 2.05) is 0 Å². The minimum absolute atomic E-state index is 0.0214. The van der Waals surface area contributed by atoms with Crippen molar-refractivity contribution >= 4 is 64.6 Å². The summed E-state index contributed by atoms with van der Waals surface area (Å²) in [5.41, 5.74) is 26.3. The predicted molar refractivity (Wildman–Crippen MR) is 368 cm³/mol. The van der Waals surface area contributed by atoms with Crippen molar-refractivity contribution < 1.29 is 0 Å². The Bertz CT molecular complexity index is 4870. The minimum atomic E-state index is -0.0214. The molecule has 0 heterocycles. The lowest BCUT2D eigenvalue weighted by Crippen LogP contribution is -2.14. The molecule has 0 fully saturated rings. The summed E-state index contributed by atoms with van der Waals surface area (Å²) in [4.78, 5) is 0. The molecule has 0 saturated carbocycles. The van der Waals surface area contributed by atoms with Crippen LogP contribution in [0.2, 0.25) is 0 Å². The highest BCUT2D eigenvalue weighted by Gasteiger charge is 2.37. The zero-order chi connectivity index (χ0) is 57.4. The third kappa shape index (κ3) is 7.49. The molecule has 0 radical (unpaired) electrons. The molecule has 2 aliphatic rings.